The average molecular weight is 328 g/mol. The van der Waals surface area contributed by atoms with Gasteiger partial charge >= 0.3 is 0 Å². The van der Waals surface area contributed by atoms with Crippen LogP contribution in [0.4, 0.5) is 0 Å². The highest BCUT2D eigenvalue weighted by atomic mass is 35.5. The van der Waals surface area contributed by atoms with Crippen LogP contribution in [-0.4, -0.2) is 42.1 Å². The predicted octanol–water partition coefficient (Wildman–Crippen LogP) is 1.57. The van der Waals surface area contributed by atoms with E-state index < -0.39 is 0 Å². The Bertz CT molecular complexity index is 634. The summed E-state index contributed by atoms with van der Waals surface area (Å²) in [4.78, 5) is 4.38. The molecule has 1 aromatic carbocycles. The highest BCUT2D eigenvalue weighted by Crippen LogP contribution is 2.32. The van der Waals surface area contributed by atoms with Crippen molar-refractivity contribution in [2.75, 3.05) is 20.8 Å². The highest BCUT2D eigenvalue weighted by molar-refractivity contribution is 5.85. The van der Waals surface area contributed by atoms with E-state index in [9.17, 15) is 5.11 Å². The number of β-amino-alcohol motifs (C(OH)–C–C–N with tert-alkyl or cyclic N) is 1. The molecule has 0 radical (unpaired) electrons. The Morgan fingerprint density at radius 3 is 2.68 bits per heavy atom. The Balaban J connectivity index is 0.00000176. The molecule has 3 rings (SSSR count). The SMILES string of the molecule is COc1ccc(-c2noc([C@H]3C[C@H](O)CN3)n2)cc1OC.Cl. The summed E-state index contributed by atoms with van der Waals surface area (Å²) >= 11 is 0. The molecule has 1 aromatic heterocycles. The van der Waals surface area contributed by atoms with Crippen molar-refractivity contribution in [2.45, 2.75) is 18.6 Å². The highest BCUT2D eigenvalue weighted by Gasteiger charge is 2.28. The van der Waals surface area contributed by atoms with E-state index >= 15 is 0 Å². The van der Waals surface area contributed by atoms with E-state index in [4.69, 9.17) is 14.0 Å². The quantitative estimate of drug-likeness (QED) is 0.881. The summed E-state index contributed by atoms with van der Waals surface area (Å²) in [5, 5.41) is 16.6. The van der Waals surface area contributed by atoms with Gasteiger partial charge in [0.25, 0.3) is 0 Å². The second-order valence-electron chi connectivity index (χ2n) is 4.88. The predicted molar refractivity (Wildman–Crippen MR) is 81.5 cm³/mol. The maximum absolute atomic E-state index is 9.53. The molecule has 2 heterocycles. The van der Waals surface area contributed by atoms with Crippen molar-refractivity contribution < 1.29 is 19.1 Å². The van der Waals surface area contributed by atoms with Crippen LogP contribution in [0.5, 0.6) is 11.5 Å². The monoisotopic (exact) mass is 327 g/mol. The fraction of sp³-hybridized carbons (Fsp3) is 0.429. The number of hydrogen-bond donors (Lipinski definition) is 2. The molecule has 22 heavy (non-hydrogen) atoms. The van der Waals surface area contributed by atoms with E-state index in [1.807, 2.05) is 6.07 Å². The van der Waals surface area contributed by atoms with Crippen LogP contribution in [0.2, 0.25) is 0 Å². The third kappa shape index (κ3) is 3.16. The lowest BCUT2D eigenvalue weighted by atomic mass is 10.2. The van der Waals surface area contributed by atoms with Crippen LogP contribution in [0.1, 0.15) is 18.4 Å². The van der Waals surface area contributed by atoms with E-state index in [-0.39, 0.29) is 24.6 Å². The van der Waals surface area contributed by atoms with Gasteiger partial charge in [-0.1, -0.05) is 5.16 Å². The van der Waals surface area contributed by atoms with Gasteiger partial charge in [-0.3, -0.25) is 0 Å². The van der Waals surface area contributed by atoms with Gasteiger partial charge in [0.05, 0.1) is 26.4 Å². The largest absolute Gasteiger partial charge is 0.493 e. The van der Waals surface area contributed by atoms with Crippen molar-refractivity contribution in [1.82, 2.24) is 15.5 Å². The molecule has 0 unspecified atom stereocenters. The lowest BCUT2D eigenvalue weighted by molar-refractivity contribution is 0.191. The molecule has 1 aliphatic rings. The molecule has 0 bridgehead atoms. The molecule has 0 saturated carbocycles. The summed E-state index contributed by atoms with van der Waals surface area (Å²) in [5.41, 5.74) is 0.779. The Morgan fingerprint density at radius 2 is 2.05 bits per heavy atom. The fourth-order valence-corrected chi connectivity index (χ4v) is 2.37. The normalized spacial score (nSPS) is 20.5. The molecule has 8 heteroatoms. The average Bonchev–Trinajstić information content (AvgIpc) is 3.15. The molecule has 0 aliphatic carbocycles. The molecular weight excluding hydrogens is 310 g/mol. The smallest absolute Gasteiger partial charge is 0.244 e. The van der Waals surface area contributed by atoms with Gasteiger partial charge in [0.2, 0.25) is 11.7 Å². The summed E-state index contributed by atoms with van der Waals surface area (Å²) in [6, 6.07) is 5.33. The first-order chi connectivity index (χ1) is 10.2. The van der Waals surface area contributed by atoms with Gasteiger partial charge < -0.3 is 24.4 Å². The number of rotatable bonds is 4. The number of hydrogen-bond acceptors (Lipinski definition) is 7. The van der Waals surface area contributed by atoms with Crippen LogP contribution in [-0.2, 0) is 0 Å². The molecule has 1 aliphatic heterocycles. The van der Waals surface area contributed by atoms with E-state index in [0.717, 1.165) is 5.56 Å². The molecule has 7 nitrogen and oxygen atoms in total. The van der Waals surface area contributed by atoms with Gasteiger partial charge in [-0.05, 0) is 24.6 Å². The van der Waals surface area contributed by atoms with Gasteiger partial charge in [0, 0.05) is 12.1 Å². The van der Waals surface area contributed by atoms with E-state index in [0.29, 0.717) is 36.2 Å². The molecule has 1 saturated heterocycles. The minimum Gasteiger partial charge on any atom is -0.493 e. The topological polar surface area (TPSA) is 89.6 Å². The Morgan fingerprint density at radius 1 is 1.27 bits per heavy atom. The first kappa shape index (κ1) is 16.5. The van der Waals surface area contributed by atoms with Gasteiger partial charge in [0.15, 0.2) is 11.5 Å². The van der Waals surface area contributed by atoms with Crippen molar-refractivity contribution in [3.8, 4) is 22.9 Å². The summed E-state index contributed by atoms with van der Waals surface area (Å²) < 4.78 is 15.7. The number of aliphatic hydroxyl groups is 1. The van der Waals surface area contributed by atoms with Crippen molar-refractivity contribution in [1.29, 1.82) is 0 Å². The molecule has 2 N–H and O–H groups in total. The minimum absolute atomic E-state index is 0. The Hall–Kier alpha value is -1.83. The number of nitrogens with zero attached hydrogens (tertiary/aromatic N) is 2. The van der Waals surface area contributed by atoms with Gasteiger partial charge in [-0.2, -0.15) is 4.98 Å². The maximum atomic E-state index is 9.53. The molecule has 0 amide bonds. The van der Waals surface area contributed by atoms with Gasteiger partial charge in [-0.25, -0.2) is 0 Å². The van der Waals surface area contributed by atoms with Crippen molar-refractivity contribution in [3.05, 3.63) is 24.1 Å². The zero-order valence-corrected chi connectivity index (χ0v) is 13.1. The zero-order valence-electron chi connectivity index (χ0n) is 12.3. The number of nitrogens with one attached hydrogen (secondary N) is 1. The van der Waals surface area contributed by atoms with Crippen molar-refractivity contribution in [2.24, 2.45) is 0 Å². The molecule has 0 spiro atoms. The Labute approximate surface area is 134 Å². The minimum atomic E-state index is -0.369. The summed E-state index contributed by atoms with van der Waals surface area (Å²) in [6.45, 7) is 0.540. The second kappa shape index (κ2) is 6.95. The zero-order chi connectivity index (χ0) is 14.8. The van der Waals surface area contributed by atoms with E-state index in [1.54, 1.807) is 26.4 Å². The van der Waals surface area contributed by atoms with Crippen LogP contribution in [0, 0.1) is 0 Å². The van der Waals surface area contributed by atoms with E-state index in [1.165, 1.54) is 0 Å². The molecule has 2 atom stereocenters. The standard InChI is InChI=1S/C14H17N3O4.ClH/c1-19-11-4-3-8(5-12(11)20-2)13-16-14(21-17-13)10-6-9(18)7-15-10;/h3-5,9-10,15,18H,6-7H2,1-2H3;1H/t9-,10+;/m0./s1. The first-order valence-electron chi connectivity index (χ1n) is 6.68. The van der Waals surface area contributed by atoms with Crippen LogP contribution in [0.15, 0.2) is 22.7 Å². The fourth-order valence-electron chi connectivity index (χ4n) is 2.37. The lowest BCUT2D eigenvalue weighted by Crippen LogP contribution is -2.15. The number of benzene rings is 1. The molecule has 1 fully saturated rings. The number of halogens is 1. The summed E-state index contributed by atoms with van der Waals surface area (Å²) in [5.74, 6) is 2.21. The van der Waals surface area contributed by atoms with Crippen LogP contribution in [0.3, 0.4) is 0 Å². The van der Waals surface area contributed by atoms with Crippen LogP contribution < -0.4 is 14.8 Å². The van der Waals surface area contributed by atoms with Crippen LogP contribution >= 0.6 is 12.4 Å². The third-order valence-electron chi connectivity index (χ3n) is 3.49. The lowest BCUT2D eigenvalue weighted by Gasteiger charge is -2.07. The van der Waals surface area contributed by atoms with Crippen molar-refractivity contribution in [3.63, 3.8) is 0 Å². The number of aliphatic hydroxyl groups excluding tert-OH is 1. The van der Waals surface area contributed by atoms with Crippen molar-refractivity contribution >= 4 is 12.4 Å². The molecule has 2 aromatic rings. The number of aromatic nitrogens is 2. The summed E-state index contributed by atoms with van der Waals surface area (Å²) in [6.07, 6.45) is 0.208. The maximum Gasteiger partial charge on any atom is 0.244 e. The Kier molecular flexibility index (Phi) is 5.23. The number of methoxy groups -OCH3 is 2. The van der Waals surface area contributed by atoms with Gasteiger partial charge in [0.1, 0.15) is 0 Å². The van der Waals surface area contributed by atoms with Gasteiger partial charge in [-0.15, -0.1) is 12.4 Å². The molecule has 120 valence electrons. The van der Waals surface area contributed by atoms with Crippen LogP contribution in [0.25, 0.3) is 11.4 Å². The molecular formula is C14H18ClN3O4. The third-order valence-corrected chi connectivity index (χ3v) is 3.49. The first-order valence-corrected chi connectivity index (χ1v) is 6.68. The second-order valence-corrected chi connectivity index (χ2v) is 4.88. The van der Waals surface area contributed by atoms with E-state index in [2.05, 4.69) is 15.5 Å². The summed E-state index contributed by atoms with van der Waals surface area (Å²) in [7, 11) is 3.16. The number of ether oxygens (including phenoxy) is 2.